The third-order valence-electron chi connectivity index (χ3n) is 11.3. The highest BCUT2D eigenvalue weighted by Crippen LogP contribution is 2.51. The van der Waals surface area contributed by atoms with Gasteiger partial charge < -0.3 is 0 Å². The van der Waals surface area contributed by atoms with Crippen LogP contribution in [0.5, 0.6) is 0 Å². The van der Waals surface area contributed by atoms with E-state index in [9.17, 15) is 0 Å². The van der Waals surface area contributed by atoms with E-state index in [-0.39, 0.29) is 0 Å². The third-order valence-corrected chi connectivity index (χ3v) is 11.3. The summed E-state index contributed by atoms with van der Waals surface area (Å²) in [4.78, 5) is 10.9. The minimum Gasteiger partial charge on any atom is -0.277 e. The predicted molar refractivity (Wildman–Crippen MR) is 222 cm³/mol. The zero-order valence-electron chi connectivity index (χ0n) is 28.6. The lowest BCUT2D eigenvalue weighted by Crippen LogP contribution is -2.04. The summed E-state index contributed by atoms with van der Waals surface area (Å²) in [6.07, 6.45) is 0. The van der Waals surface area contributed by atoms with Crippen LogP contribution in [0.2, 0.25) is 0 Å². The predicted octanol–water partition coefficient (Wildman–Crippen LogP) is 13.2. The molecule has 11 aromatic rings. The van der Waals surface area contributed by atoms with E-state index in [0.717, 1.165) is 33.2 Å². The van der Waals surface area contributed by atoms with Crippen molar-refractivity contribution in [1.82, 2.24) is 14.5 Å². The molecule has 0 bridgehead atoms. The summed E-state index contributed by atoms with van der Waals surface area (Å²) in [5, 5.41) is 10.9. The van der Waals surface area contributed by atoms with E-state index < -0.39 is 0 Å². The average Bonchev–Trinajstić information content (AvgIpc) is 3.74. The van der Waals surface area contributed by atoms with Crippen molar-refractivity contribution in [1.29, 1.82) is 0 Å². The Morgan fingerprint density at radius 1 is 0.358 bits per heavy atom. The second kappa shape index (κ2) is 10.7. The maximum atomic E-state index is 5.51. The van der Waals surface area contributed by atoms with Gasteiger partial charge in [0.15, 0.2) is 0 Å². The topological polar surface area (TPSA) is 30.7 Å². The summed E-state index contributed by atoms with van der Waals surface area (Å²) in [6, 6.07) is 63.6. The minimum atomic E-state index is 0.669. The number of hydrogen-bond donors (Lipinski definition) is 0. The van der Waals surface area contributed by atoms with Crippen LogP contribution in [-0.2, 0) is 0 Å². The Morgan fingerprint density at radius 2 is 1.00 bits per heavy atom. The molecule has 9 aromatic carbocycles. The Morgan fingerprint density at radius 3 is 1.87 bits per heavy atom. The lowest BCUT2D eigenvalue weighted by atomic mass is 9.97. The Balaban J connectivity index is 1.14. The molecule has 2 aromatic heterocycles. The van der Waals surface area contributed by atoms with Gasteiger partial charge in [0.25, 0.3) is 0 Å². The molecule has 0 N–H and O–H groups in total. The van der Waals surface area contributed by atoms with Crippen molar-refractivity contribution in [3.05, 3.63) is 176 Å². The van der Waals surface area contributed by atoms with Crippen LogP contribution < -0.4 is 0 Å². The fourth-order valence-corrected chi connectivity index (χ4v) is 8.92. The minimum absolute atomic E-state index is 0.669. The van der Waals surface area contributed by atoms with Gasteiger partial charge in [0, 0.05) is 27.1 Å². The molecule has 0 amide bonds. The molecule has 53 heavy (non-hydrogen) atoms. The fourth-order valence-electron chi connectivity index (χ4n) is 8.92. The zero-order chi connectivity index (χ0) is 34.6. The molecule has 12 rings (SSSR count). The molecule has 0 unspecified atom stereocenters. The molecule has 0 fully saturated rings. The maximum Gasteiger partial charge on any atom is 0.235 e. The first-order valence-corrected chi connectivity index (χ1v) is 18.2. The summed E-state index contributed by atoms with van der Waals surface area (Å²) in [6.45, 7) is 0. The van der Waals surface area contributed by atoms with E-state index in [2.05, 4.69) is 180 Å². The highest BCUT2D eigenvalue weighted by Gasteiger charge is 2.27. The normalized spacial score (nSPS) is 12.2. The first kappa shape index (κ1) is 28.6. The maximum absolute atomic E-state index is 5.51. The Kier molecular flexibility index (Phi) is 5.77. The van der Waals surface area contributed by atoms with Crippen molar-refractivity contribution in [2.24, 2.45) is 0 Å². The third kappa shape index (κ3) is 4.05. The van der Waals surface area contributed by atoms with Gasteiger partial charge in [0.05, 0.1) is 22.2 Å². The average molecular weight is 672 g/mol. The molecular formula is C50H29N3. The van der Waals surface area contributed by atoms with Gasteiger partial charge in [-0.25, -0.2) is 9.97 Å². The summed E-state index contributed by atoms with van der Waals surface area (Å²) in [5.74, 6) is 0.669. The highest BCUT2D eigenvalue weighted by atomic mass is 15.2. The molecule has 1 aliphatic rings. The number of aromatic nitrogens is 3. The van der Waals surface area contributed by atoms with Crippen LogP contribution in [0.3, 0.4) is 0 Å². The largest absolute Gasteiger partial charge is 0.277 e. The molecule has 0 saturated heterocycles. The molecule has 0 atom stereocenters. The second-order valence-electron chi connectivity index (χ2n) is 14.1. The first-order valence-electron chi connectivity index (χ1n) is 18.2. The van der Waals surface area contributed by atoms with Crippen LogP contribution in [0, 0.1) is 0 Å². The van der Waals surface area contributed by atoms with Crippen molar-refractivity contribution in [2.45, 2.75) is 0 Å². The second-order valence-corrected chi connectivity index (χ2v) is 14.1. The molecule has 0 saturated carbocycles. The van der Waals surface area contributed by atoms with E-state index in [0.29, 0.717) is 5.95 Å². The number of nitrogens with zero attached hydrogens (tertiary/aromatic N) is 3. The Labute approximate surface area is 305 Å². The number of fused-ring (bicyclic) bond motifs is 11. The molecule has 0 radical (unpaired) electrons. The summed E-state index contributed by atoms with van der Waals surface area (Å²) in [7, 11) is 0. The lowest BCUT2D eigenvalue weighted by Gasteiger charge is -2.13. The monoisotopic (exact) mass is 671 g/mol. The Hall–Kier alpha value is -7.10. The van der Waals surface area contributed by atoms with Gasteiger partial charge in [-0.3, -0.25) is 4.57 Å². The van der Waals surface area contributed by atoms with Gasteiger partial charge in [-0.2, -0.15) is 0 Å². The quantitative estimate of drug-likeness (QED) is 0.187. The summed E-state index contributed by atoms with van der Waals surface area (Å²) < 4.78 is 2.33. The van der Waals surface area contributed by atoms with Gasteiger partial charge in [-0.15, -0.1) is 0 Å². The van der Waals surface area contributed by atoms with Crippen molar-refractivity contribution in [2.75, 3.05) is 0 Å². The number of benzene rings is 9. The van der Waals surface area contributed by atoms with Crippen molar-refractivity contribution in [3.63, 3.8) is 0 Å². The van der Waals surface area contributed by atoms with E-state index in [1.54, 1.807) is 0 Å². The van der Waals surface area contributed by atoms with Gasteiger partial charge >= 0.3 is 0 Å². The van der Waals surface area contributed by atoms with E-state index in [1.807, 2.05) is 0 Å². The molecule has 3 nitrogen and oxygen atoms in total. The van der Waals surface area contributed by atoms with Gasteiger partial charge in [0.2, 0.25) is 5.95 Å². The fraction of sp³-hybridized carbons (Fsp3) is 0. The van der Waals surface area contributed by atoms with Crippen LogP contribution in [-0.4, -0.2) is 14.5 Å². The van der Waals surface area contributed by atoms with Crippen LogP contribution in [0.15, 0.2) is 176 Å². The summed E-state index contributed by atoms with van der Waals surface area (Å²) >= 11 is 0. The number of rotatable bonds is 3. The van der Waals surface area contributed by atoms with Crippen LogP contribution in [0.4, 0.5) is 0 Å². The molecule has 0 aliphatic heterocycles. The molecular weight excluding hydrogens is 643 g/mol. The van der Waals surface area contributed by atoms with Crippen molar-refractivity contribution < 1.29 is 0 Å². The van der Waals surface area contributed by atoms with Gasteiger partial charge in [-0.05, 0) is 78.5 Å². The standard InChI is InChI=1S/C50H29N3/c1-2-12-34-28-35(25-22-30(34)10-1)31-20-23-33(24-21-31)48-40-16-7-8-19-44(40)51-50(52-48)53-45-29-43-38-15-6-5-14-37(38)39-17-9-18-41(46(39)43)47(45)42-27-26-32-11-3-4-13-36(32)49(42)53/h1-29H. The summed E-state index contributed by atoms with van der Waals surface area (Å²) in [5.41, 5.74) is 12.6. The molecule has 244 valence electrons. The van der Waals surface area contributed by atoms with Gasteiger partial charge in [0.1, 0.15) is 0 Å². The molecule has 2 heterocycles. The number of hydrogen-bond acceptors (Lipinski definition) is 2. The first-order chi connectivity index (χ1) is 26.3. The highest BCUT2D eigenvalue weighted by molar-refractivity contribution is 6.31. The van der Waals surface area contributed by atoms with Crippen molar-refractivity contribution >= 4 is 65.0 Å². The van der Waals surface area contributed by atoms with Crippen LogP contribution >= 0.6 is 0 Å². The van der Waals surface area contributed by atoms with Crippen molar-refractivity contribution in [3.8, 4) is 50.6 Å². The zero-order valence-corrected chi connectivity index (χ0v) is 28.6. The SMILES string of the molecule is c1ccc2c(c1)-c1cccc3c1c-2cc1c3c2ccc3ccccc3c2n1-c1nc(-c2ccc(-c3ccc4ccccc4c3)cc2)c2ccccc2n1. The smallest absolute Gasteiger partial charge is 0.235 e. The molecule has 1 aliphatic carbocycles. The molecule has 3 heteroatoms. The van der Waals surface area contributed by atoms with Crippen LogP contribution in [0.1, 0.15) is 0 Å². The lowest BCUT2D eigenvalue weighted by molar-refractivity contribution is 1.02. The van der Waals surface area contributed by atoms with Crippen LogP contribution in [0.25, 0.3) is 116 Å². The molecule has 0 spiro atoms. The van der Waals surface area contributed by atoms with E-state index >= 15 is 0 Å². The number of para-hydroxylation sites is 1. The van der Waals surface area contributed by atoms with E-state index in [1.165, 1.54) is 76.5 Å². The van der Waals surface area contributed by atoms with E-state index in [4.69, 9.17) is 9.97 Å². The Bertz CT molecular complexity index is 3330. The van der Waals surface area contributed by atoms with Gasteiger partial charge in [-0.1, -0.05) is 158 Å².